The fraction of sp³-hybridized carbons (Fsp3) is 0.148. The molecule has 3 aromatic carbocycles. The molecule has 0 spiro atoms. The van der Waals surface area contributed by atoms with Gasteiger partial charge in [-0.25, -0.2) is 19.6 Å². The Morgan fingerprint density at radius 1 is 0.974 bits per heavy atom. The molecule has 3 heterocycles. The lowest BCUT2D eigenvalue weighted by molar-refractivity contribution is -0.274. The van der Waals surface area contributed by atoms with Gasteiger partial charge in [0, 0.05) is 22.8 Å². The maximum absolute atomic E-state index is 12.4. The quantitative estimate of drug-likeness (QED) is 0.246. The van der Waals surface area contributed by atoms with Crippen molar-refractivity contribution in [1.29, 1.82) is 0 Å². The molecule has 39 heavy (non-hydrogen) atoms. The zero-order chi connectivity index (χ0) is 27.1. The van der Waals surface area contributed by atoms with Crippen molar-refractivity contribution in [3.05, 3.63) is 84.3 Å². The molecule has 1 saturated heterocycles. The molecule has 0 unspecified atom stereocenters. The van der Waals surface area contributed by atoms with E-state index in [4.69, 9.17) is 0 Å². The molecule has 0 atom stereocenters. The fourth-order valence-electron chi connectivity index (χ4n) is 4.29. The van der Waals surface area contributed by atoms with Gasteiger partial charge in [-0.2, -0.15) is 4.99 Å². The molecule has 196 valence electrons. The predicted octanol–water partition coefficient (Wildman–Crippen LogP) is 6.59. The number of amidine groups is 1. The molecule has 5 aromatic rings. The van der Waals surface area contributed by atoms with Crippen LogP contribution in [0.3, 0.4) is 0 Å². The maximum Gasteiger partial charge on any atom is 0.573 e. The summed E-state index contributed by atoms with van der Waals surface area (Å²) in [6, 6.07) is 17.2. The number of ether oxygens (including phenoxy) is 1. The monoisotopic (exact) mass is 547 g/mol. The van der Waals surface area contributed by atoms with Crippen LogP contribution in [-0.2, 0) is 0 Å². The summed E-state index contributed by atoms with van der Waals surface area (Å²) < 4.78 is 42.6. The number of rotatable bonds is 5. The SMILES string of the molecule is Cc1cccc(C)c1N1CSC1=Nc1ncc2cc(-c3ncn(-c4ccc(OC(F)(F)F)cc4)n3)ccc2n1. The third-order valence-corrected chi connectivity index (χ3v) is 7.07. The second-order valence-corrected chi connectivity index (χ2v) is 9.75. The Bertz CT molecular complexity index is 1700. The summed E-state index contributed by atoms with van der Waals surface area (Å²) in [6.45, 7) is 4.18. The van der Waals surface area contributed by atoms with Crippen LogP contribution in [0, 0.1) is 13.8 Å². The molecule has 0 bridgehead atoms. The highest BCUT2D eigenvalue weighted by atomic mass is 32.2. The van der Waals surface area contributed by atoms with E-state index in [2.05, 4.69) is 60.7 Å². The van der Waals surface area contributed by atoms with E-state index in [1.165, 1.54) is 46.4 Å². The van der Waals surface area contributed by atoms with Crippen LogP contribution in [-0.4, -0.2) is 42.1 Å². The average molecular weight is 548 g/mol. The van der Waals surface area contributed by atoms with Gasteiger partial charge in [0.25, 0.3) is 5.95 Å². The third-order valence-electron chi connectivity index (χ3n) is 6.11. The van der Waals surface area contributed by atoms with Gasteiger partial charge < -0.3 is 9.64 Å². The number of benzene rings is 3. The van der Waals surface area contributed by atoms with Crippen molar-refractivity contribution < 1.29 is 17.9 Å². The van der Waals surface area contributed by atoms with Gasteiger partial charge in [-0.05, 0) is 67.4 Å². The lowest BCUT2D eigenvalue weighted by Crippen LogP contribution is -2.39. The molecule has 0 amide bonds. The van der Waals surface area contributed by atoms with Gasteiger partial charge in [-0.1, -0.05) is 30.0 Å². The van der Waals surface area contributed by atoms with Crippen molar-refractivity contribution in [2.24, 2.45) is 4.99 Å². The highest BCUT2D eigenvalue weighted by Gasteiger charge is 2.31. The van der Waals surface area contributed by atoms with E-state index in [1.807, 2.05) is 24.3 Å². The topological polar surface area (TPSA) is 81.3 Å². The summed E-state index contributed by atoms with van der Waals surface area (Å²) in [7, 11) is 0. The molecule has 8 nitrogen and oxygen atoms in total. The molecule has 2 aromatic heterocycles. The molecular formula is C27H20F3N7OS. The van der Waals surface area contributed by atoms with Gasteiger partial charge in [-0.3, -0.25) is 0 Å². The van der Waals surface area contributed by atoms with Gasteiger partial charge >= 0.3 is 6.36 Å². The minimum absolute atomic E-state index is 0.306. The molecule has 0 saturated carbocycles. The number of nitrogens with zero attached hydrogens (tertiary/aromatic N) is 7. The van der Waals surface area contributed by atoms with Crippen molar-refractivity contribution >= 4 is 39.5 Å². The van der Waals surface area contributed by atoms with Crippen LogP contribution >= 0.6 is 11.8 Å². The number of hydrogen-bond donors (Lipinski definition) is 0. The van der Waals surface area contributed by atoms with E-state index < -0.39 is 6.36 Å². The molecule has 1 fully saturated rings. The number of thioether (sulfide) groups is 1. The normalized spacial score (nSPS) is 14.6. The summed E-state index contributed by atoms with van der Waals surface area (Å²) in [5.74, 6) is 1.35. The van der Waals surface area contributed by atoms with E-state index in [0.29, 0.717) is 17.5 Å². The summed E-state index contributed by atoms with van der Waals surface area (Å²) in [4.78, 5) is 20.3. The second kappa shape index (κ2) is 9.70. The van der Waals surface area contributed by atoms with Crippen LogP contribution < -0.4 is 9.64 Å². The molecule has 12 heteroatoms. The van der Waals surface area contributed by atoms with Crippen molar-refractivity contribution in [2.75, 3.05) is 10.8 Å². The van der Waals surface area contributed by atoms with Crippen molar-refractivity contribution in [3.63, 3.8) is 0 Å². The number of alkyl halides is 3. The Labute approximate surface area is 225 Å². The number of aromatic nitrogens is 5. The van der Waals surface area contributed by atoms with Crippen molar-refractivity contribution in [2.45, 2.75) is 20.2 Å². The van der Waals surface area contributed by atoms with Gasteiger partial charge in [0.1, 0.15) is 12.1 Å². The number of para-hydroxylation sites is 1. The van der Waals surface area contributed by atoms with Crippen molar-refractivity contribution in [3.8, 4) is 22.8 Å². The number of hydrogen-bond acceptors (Lipinski definition) is 7. The summed E-state index contributed by atoms with van der Waals surface area (Å²) in [5.41, 5.74) is 5.57. The largest absolute Gasteiger partial charge is 0.573 e. The standard InChI is InChI=1S/C27H20F3N7OS/c1-16-4-3-5-17(2)23(16)36-15-39-26(36)34-25-31-13-19-12-18(6-11-22(19)33-25)24-32-14-37(35-24)20-7-9-21(10-8-20)38-27(28,29)30/h3-14H,15H2,1-2H3. The van der Waals surface area contributed by atoms with Gasteiger partial charge in [0.15, 0.2) is 11.0 Å². The second-order valence-electron chi connectivity index (χ2n) is 8.83. The van der Waals surface area contributed by atoms with Crippen LogP contribution in [0.15, 0.2) is 78.2 Å². The minimum Gasteiger partial charge on any atom is -0.406 e. The lowest BCUT2D eigenvalue weighted by atomic mass is 10.1. The average Bonchev–Trinajstić information content (AvgIpc) is 3.38. The molecule has 1 aliphatic heterocycles. The van der Waals surface area contributed by atoms with Crippen LogP contribution in [0.1, 0.15) is 11.1 Å². The molecular weight excluding hydrogens is 527 g/mol. The summed E-state index contributed by atoms with van der Waals surface area (Å²) in [6.07, 6.45) is -1.53. The first-order valence-electron chi connectivity index (χ1n) is 11.8. The summed E-state index contributed by atoms with van der Waals surface area (Å²) in [5, 5.41) is 6.12. The van der Waals surface area contributed by atoms with Crippen LogP contribution in [0.2, 0.25) is 0 Å². The van der Waals surface area contributed by atoms with E-state index in [-0.39, 0.29) is 5.75 Å². The van der Waals surface area contributed by atoms with Crippen molar-refractivity contribution in [1.82, 2.24) is 24.7 Å². The Balaban J connectivity index is 1.21. The maximum atomic E-state index is 12.4. The molecule has 0 N–H and O–H groups in total. The fourth-order valence-corrected chi connectivity index (χ4v) is 5.03. The van der Waals surface area contributed by atoms with E-state index in [1.54, 1.807) is 18.0 Å². The predicted molar refractivity (Wildman–Crippen MR) is 145 cm³/mol. The van der Waals surface area contributed by atoms with Gasteiger partial charge in [0.2, 0.25) is 0 Å². The number of fused-ring (bicyclic) bond motifs is 1. The van der Waals surface area contributed by atoms with Gasteiger partial charge in [-0.15, -0.1) is 18.3 Å². The van der Waals surface area contributed by atoms with Crippen LogP contribution in [0.4, 0.5) is 24.8 Å². The van der Waals surface area contributed by atoms with E-state index in [0.717, 1.165) is 33.2 Å². The Kier molecular flexibility index (Phi) is 6.18. The minimum atomic E-state index is -4.74. The van der Waals surface area contributed by atoms with Gasteiger partial charge in [0.05, 0.1) is 17.1 Å². The Morgan fingerprint density at radius 2 is 1.74 bits per heavy atom. The summed E-state index contributed by atoms with van der Waals surface area (Å²) >= 11 is 1.65. The number of halogens is 3. The highest BCUT2D eigenvalue weighted by Crippen LogP contribution is 2.36. The van der Waals surface area contributed by atoms with Crippen LogP contribution in [0.25, 0.3) is 28.0 Å². The molecule has 1 aliphatic rings. The van der Waals surface area contributed by atoms with E-state index >= 15 is 0 Å². The smallest absolute Gasteiger partial charge is 0.406 e. The lowest BCUT2D eigenvalue weighted by Gasteiger charge is -2.35. The molecule has 0 radical (unpaired) electrons. The Morgan fingerprint density at radius 3 is 2.44 bits per heavy atom. The zero-order valence-electron chi connectivity index (χ0n) is 20.7. The highest BCUT2D eigenvalue weighted by molar-refractivity contribution is 8.16. The first-order valence-corrected chi connectivity index (χ1v) is 12.8. The zero-order valence-corrected chi connectivity index (χ0v) is 21.5. The number of aryl methyl sites for hydroxylation is 2. The van der Waals surface area contributed by atoms with E-state index in [9.17, 15) is 13.2 Å². The van der Waals surface area contributed by atoms with Crippen LogP contribution in [0.5, 0.6) is 5.75 Å². The first kappa shape index (κ1) is 24.9. The first-order chi connectivity index (χ1) is 18.7. The third kappa shape index (κ3) is 5.15. The molecule has 0 aliphatic carbocycles. The number of aliphatic imine (C=N–C) groups is 1. The molecule has 6 rings (SSSR count). The Hall–Kier alpha value is -4.45. The number of anilines is 1.